The number of benzene rings is 1. The summed E-state index contributed by atoms with van der Waals surface area (Å²) >= 11 is 5.97. The van der Waals surface area contributed by atoms with Crippen molar-refractivity contribution in [1.29, 1.82) is 0 Å². The zero-order valence-corrected chi connectivity index (χ0v) is 10.9. The highest BCUT2D eigenvalue weighted by Crippen LogP contribution is 2.33. The minimum Gasteiger partial charge on any atom is -0.384 e. The minimum absolute atomic E-state index is 0.126. The molecule has 0 fully saturated rings. The first-order valence-electron chi connectivity index (χ1n) is 5.84. The molecule has 0 amide bonds. The van der Waals surface area contributed by atoms with Gasteiger partial charge in [-0.25, -0.2) is 18.2 Å². The molecule has 0 atom stereocenters. The molecule has 2 rings (SSSR count). The SMILES string of the molecule is CCCNc1cc(C(F)F)nc2cc(F)cc(Cl)c12. The van der Waals surface area contributed by atoms with Crippen LogP contribution in [0, 0.1) is 5.82 Å². The maximum Gasteiger partial charge on any atom is 0.280 e. The molecule has 1 aromatic heterocycles. The number of halogens is 4. The molecule has 102 valence electrons. The van der Waals surface area contributed by atoms with Gasteiger partial charge in [-0.05, 0) is 18.6 Å². The number of fused-ring (bicyclic) bond motifs is 1. The molecule has 0 unspecified atom stereocenters. The van der Waals surface area contributed by atoms with Gasteiger partial charge in [-0.1, -0.05) is 18.5 Å². The number of rotatable bonds is 4. The van der Waals surface area contributed by atoms with E-state index in [4.69, 9.17) is 11.6 Å². The first-order chi connectivity index (χ1) is 9.02. The number of alkyl halides is 2. The largest absolute Gasteiger partial charge is 0.384 e. The normalized spacial score (nSPS) is 11.3. The lowest BCUT2D eigenvalue weighted by molar-refractivity contribution is 0.146. The van der Waals surface area contributed by atoms with Crippen molar-refractivity contribution in [2.45, 2.75) is 19.8 Å². The fourth-order valence-electron chi connectivity index (χ4n) is 1.82. The van der Waals surface area contributed by atoms with Crippen molar-refractivity contribution < 1.29 is 13.2 Å². The first kappa shape index (κ1) is 13.9. The Kier molecular flexibility index (Phi) is 4.14. The molecule has 0 saturated carbocycles. The van der Waals surface area contributed by atoms with Crippen molar-refractivity contribution >= 4 is 28.2 Å². The molecule has 0 saturated heterocycles. The number of anilines is 1. The van der Waals surface area contributed by atoms with E-state index in [2.05, 4.69) is 10.3 Å². The van der Waals surface area contributed by atoms with Gasteiger partial charge >= 0.3 is 0 Å². The van der Waals surface area contributed by atoms with Crippen LogP contribution in [0.3, 0.4) is 0 Å². The second-order valence-corrected chi connectivity index (χ2v) is 4.51. The highest BCUT2D eigenvalue weighted by molar-refractivity contribution is 6.36. The van der Waals surface area contributed by atoms with Gasteiger partial charge in [-0.15, -0.1) is 0 Å². The van der Waals surface area contributed by atoms with E-state index in [0.717, 1.165) is 18.6 Å². The molecule has 0 spiro atoms. The van der Waals surface area contributed by atoms with E-state index < -0.39 is 17.9 Å². The van der Waals surface area contributed by atoms with Gasteiger partial charge in [0.25, 0.3) is 6.43 Å². The molecule has 1 aromatic carbocycles. The molecule has 2 nitrogen and oxygen atoms in total. The smallest absolute Gasteiger partial charge is 0.280 e. The summed E-state index contributed by atoms with van der Waals surface area (Å²) in [6, 6.07) is 3.50. The topological polar surface area (TPSA) is 24.9 Å². The number of nitrogens with zero attached hydrogens (tertiary/aromatic N) is 1. The lowest BCUT2D eigenvalue weighted by Crippen LogP contribution is -2.03. The van der Waals surface area contributed by atoms with Crippen molar-refractivity contribution in [2.75, 3.05) is 11.9 Å². The number of hydrogen-bond acceptors (Lipinski definition) is 2. The maximum absolute atomic E-state index is 13.3. The molecule has 19 heavy (non-hydrogen) atoms. The Hall–Kier alpha value is -1.49. The van der Waals surface area contributed by atoms with E-state index in [1.54, 1.807) is 0 Å². The van der Waals surface area contributed by atoms with Crippen LogP contribution in [0.4, 0.5) is 18.9 Å². The molecule has 0 bridgehead atoms. The summed E-state index contributed by atoms with van der Waals surface area (Å²) in [5.41, 5.74) is 0.182. The first-order valence-corrected chi connectivity index (χ1v) is 6.22. The van der Waals surface area contributed by atoms with Crippen LogP contribution < -0.4 is 5.32 Å². The van der Waals surface area contributed by atoms with Crippen molar-refractivity contribution in [3.63, 3.8) is 0 Å². The monoisotopic (exact) mass is 288 g/mol. The molecule has 0 aliphatic rings. The molecule has 1 heterocycles. The van der Waals surface area contributed by atoms with Crippen LogP contribution in [-0.4, -0.2) is 11.5 Å². The van der Waals surface area contributed by atoms with Crippen LogP contribution in [0.5, 0.6) is 0 Å². The van der Waals surface area contributed by atoms with Crippen LogP contribution in [-0.2, 0) is 0 Å². The molecular weight excluding hydrogens is 277 g/mol. The van der Waals surface area contributed by atoms with E-state index in [0.29, 0.717) is 17.6 Å². The molecule has 0 aliphatic carbocycles. The predicted molar refractivity (Wildman–Crippen MR) is 70.4 cm³/mol. The Morgan fingerprint density at radius 3 is 2.68 bits per heavy atom. The Morgan fingerprint density at radius 2 is 2.05 bits per heavy atom. The van der Waals surface area contributed by atoms with E-state index in [-0.39, 0.29) is 10.5 Å². The number of pyridine rings is 1. The van der Waals surface area contributed by atoms with Gasteiger partial charge in [-0.3, -0.25) is 0 Å². The second kappa shape index (κ2) is 5.65. The highest BCUT2D eigenvalue weighted by atomic mass is 35.5. The van der Waals surface area contributed by atoms with E-state index in [1.807, 2.05) is 6.92 Å². The van der Waals surface area contributed by atoms with Gasteiger partial charge in [0.1, 0.15) is 11.5 Å². The molecule has 6 heteroatoms. The lowest BCUT2D eigenvalue weighted by atomic mass is 10.1. The third-order valence-corrected chi connectivity index (χ3v) is 2.93. The number of hydrogen-bond donors (Lipinski definition) is 1. The van der Waals surface area contributed by atoms with Gasteiger partial charge in [0.05, 0.1) is 10.5 Å². The Bertz CT molecular complexity index is 602. The van der Waals surface area contributed by atoms with Crippen LogP contribution in [0.1, 0.15) is 25.5 Å². The van der Waals surface area contributed by atoms with Gasteiger partial charge in [0.2, 0.25) is 0 Å². The van der Waals surface area contributed by atoms with Crippen molar-refractivity contribution in [1.82, 2.24) is 4.98 Å². The third-order valence-electron chi connectivity index (χ3n) is 2.63. The molecule has 1 N–H and O–H groups in total. The fraction of sp³-hybridized carbons (Fsp3) is 0.308. The maximum atomic E-state index is 13.3. The summed E-state index contributed by atoms with van der Waals surface area (Å²) in [5.74, 6) is -0.599. The lowest BCUT2D eigenvalue weighted by Gasteiger charge is -2.12. The Morgan fingerprint density at radius 1 is 1.32 bits per heavy atom. The zero-order chi connectivity index (χ0) is 14.0. The van der Waals surface area contributed by atoms with E-state index in [1.165, 1.54) is 6.07 Å². The van der Waals surface area contributed by atoms with Gasteiger partial charge in [-0.2, -0.15) is 0 Å². The molecule has 0 radical (unpaired) electrons. The molecular formula is C13H12ClF3N2. The van der Waals surface area contributed by atoms with Crippen molar-refractivity contribution in [3.05, 3.63) is 34.7 Å². The van der Waals surface area contributed by atoms with Gasteiger partial charge < -0.3 is 5.32 Å². The van der Waals surface area contributed by atoms with Gasteiger partial charge in [0, 0.05) is 23.7 Å². The average molecular weight is 289 g/mol. The summed E-state index contributed by atoms with van der Waals surface area (Å²) in [4.78, 5) is 3.75. The van der Waals surface area contributed by atoms with Crippen LogP contribution in [0.2, 0.25) is 5.02 Å². The summed E-state index contributed by atoms with van der Waals surface area (Å²) in [7, 11) is 0. The summed E-state index contributed by atoms with van der Waals surface area (Å²) < 4.78 is 38.8. The van der Waals surface area contributed by atoms with E-state index in [9.17, 15) is 13.2 Å². The second-order valence-electron chi connectivity index (χ2n) is 4.10. The molecule has 0 aliphatic heterocycles. The van der Waals surface area contributed by atoms with Crippen LogP contribution in [0.15, 0.2) is 18.2 Å². The number of aromatic nitrogens is 1. The van der Waals surface area contributed by atoms with Crippen molar-refractivity contribution in [2.24, 2.45) is 0 Å². The van der Waals surface area contributed by atoms with Crippen LogP contribution >= 0.6 is 11.6 Å². The number of nitrogens with one attached hydrogen (secondary N) is 1. The third kappa shape index (κ3) is 2.92. The summed E-state index contributed by atoms with van der Waals surface area (Å²) in [6.45, 7) is 2.56. The summed E-state index contributed by atoms with van der Waals surface area (Å²) in [6.07, 6.45) is -1.89. The molecule has 2 aromatic rings. The quantitative estimate of drug-likeness (QED) is 0.875. The van der Waals surface area contributed by atoms with Crippen LogP contribution in [0.25, 0.3) is 10.9 Å². The standard InChI is InChI=1S/C13H12ClF3N2/c1-2-3-18-9-6-11(13(16)17)19-10-5-7(15)4-8(14)12(9)10/h4-6,13H,2-3H2,1H3,(H,18,19). The fourth-order valence-corrected chi connectivity index (χ4v) is 2.12. The predicted octanol–water partition coefficient (Wildman–Crippen LogP) is 4.79. The van der Waals surface area contributed by atoms with Crippen molar-refractivity contribution in [3.8, 4) is 0 Å². The average Bonchev–Trinajstić information content (AvgIpc) is 2.34. The van der Waals surface area contributed by atoms with E-state index >= 15 is 0 Å². The van der Waals surface area contributed by atoms with Gasteiger partial charge in [0.15, 0.2) is 0 Å². The minimum atomic E-state index is -2.71. The zero-order valence-electron chi connectivity index (χ0n) is 10.2. The Labute approximate surface area is 113 Å². The Balaban J connectivity index is 2.67. The summed E-state index contributed by atoms with van der Waals surface area (Å²) in [5, 5.41) is 3.63. The highest BCUT2D eigenvalue weighted by Gasteiger charge is 2.15.